The van der Waals surface area contributed by atoms with Crippen LogP contribution in [0.2, 0.25) is 0 Å². The molecule has 1 N–H and O–H groups in total. The van der Waals surface area contributed by atoms with Crippen molar-refractivity contribution >= 4 is 34.0 Å². The largest absolute Gasteiger partial charge is 0.353 e. The topological polar surface area (TPSA) is 12.0 Å². The van der Waals surface area contributed by atoms with Crippen LogP contribution < -0.4 is 5.32 Å². The van der Waals surface area contributed by atoms with E-state index in [0.717, 1.165) is 3.57 Å². The van der Waals surface area contributed by atoms with Gasteiger partial charge in [-0.15, -0.1) is 0 Å². The first-order valence-electron chi connectivity index (χ1n) is 4.54. The molecule has 0 amide bonds. The van der Waals surface area contributed by atoms with Gasteiger partial charge in [-0.25, -0.2) is 8.78 Å². The Balaban J connectivity index is 2.27. The summed E-state index contributed by atoms with van der Waals surface area (Å²) in [6.07, 6.45) is 0. The SMILES string of the molecule is Fc1cc[c]c(Nc2ccc(I)cc2F)c1. The third kappa shape index (κ3) is 2.69. The van der Waals surface area contributed by atoms with Gasteiger partial charge in [-0.2, -0.15) is 0 Å². The quantitative estimate of drug-likeness (QED) is 0.817. The van der Waals surface area contributed by atoms with Gasteiger partial charge in [0.15, 0.2) is 0 Å². The van der Waals surface area contributed by atoms with Gasteiger partial charge in [-0.3, -0.25) is 0 Å². The molecule has 0 aliphatic heterocycles. The van der Waals surface area contributed by atoms with Crippen molar-refractivity contribution in [2.75, 3.05) is 5.32 Å². The van der Waals surface area contributed by atoms with E-state index in [9.17, 15) is 8.78 Å². The van der Waals surface area contributed by atoms with E-state index >= 15 is 0 Å². The molecule has 0 saturated carbocycles. The predicted molar refractivity (Wildman–Crippen MR) is 67.6 cm³/mol. The molecule has 81 valence electrons. The number of hydrogen-bond donors (Lipinski definition) is 1. The molecule has 0 unspecified atom stereocenters. The van der Waals surface area contributed by atoms with Gasteiger partial charge in [-0.05, 0) is 59.0 Å². The van der Waals surface area contributed by atoms with E-state index in [1.807, 2.05) is 22.6 Å². The molecule has 0 heterocycles. The van der Waals surface area contributed by atoms with E-state index in [4.69, 9.17) is 0 Å². The van der Waals surface area contributed by atoms with Crippen molar-refractivity contribution in [2.45, 2.75) is 0 Å². The zero-order valence-corrected chi connectivity index (χ0v) is 10.3. The monoisotopic (exact) mass is 330 g/mol. The molecule has 0 spiro atoms. The highest BCUT2D eigenvalue weighted by Gasteiger charge is 2.03. The highest BCUT2D eigenvalue weighted by Crippen LogP contribution is 2.21. The van der Waals surface area contributed by atoms with Crippen LogP contribution >= 0.6 is 22.6 Å². The van der Waals surface area contributed by atoms with Crippen LogP contribution in [-0.2, 0) is 0 Å². The molecular formula is C12H7F2IN. The second kappa shape index (κ2) is 4.78. The average molecular weight is 330 g/mol. The molecule has 0 aliphatic rings. The molecule has 4 heteroatoms. The van der Waals surface area contributed by atoms with Crippen LogP contribution in [0.15, 0.2) is 36.4 Å². The van der Waals surface area contributed by atoms with Gasteiger partial charge in [0.2, 0.25) is 0 Å². The summed E-state index contributed by atoms with van der Waals surface area (Å²) in [6, 6.07) is 11.6. The Labute approximate surface area is 106 Å². The second-order valence-corrected chi connectivity index (χ2v) is 4.42. The van der Waals surface area contributed by atoms with E-state index in [0.29, 0.717) is 11.4 Å². The maximum absolute atomic E-state index is 13.5. The summed E-state index contributed by atoms with van der Waals surface area (Å²) in [6.45, 7) is 0. The Morgan fingerprint density at radius 3 is 2.62 bits per heavy atom. The molecule has 2 rings (SSSR count). The number of nitrogens with one attached hydrogen (secondary N) is 1. The fourth-order valence-corrected chi connectivity index (χ4v) is 1.70. The number of anilines is 2. The average Bonchev–Trinajstić information content (AvgIpc) is 2.22. The lowest BCUT2D eigenvalue weighted by Crippen LogP contribution is -1.94. The maximum Gasteiger partial charge on any atom is 0.147 e. The summed E-state index contributed by atoms with van der Waals surface area (Å²) in [4.78, 5) is 0. The first kappa shape index (κ1) is 11.3. The standard InChI is InChI=1S/C12H7F2IN/c13-8-2-1-3-10(6-8)16-12-5-4-9(15)7-11(12)14/h1-2,4-7,16H. The molecule has 0 atom stereocenters. The Hall–Kier alpha value is -1.17. The summed E-state index contributed by atoms with van der Waals surface area (Å²) in [7, 11) is 0. The highest BCUT2D eigenvalue weighted by molar-refractivity contribution is 14.1. The minimum Gasteiger partial charge on any atom is -0.353 e. The smallest absolute Gasteiger partial charge is 0.147 e. The minimum atomic E-state index is -0.382. The number of rotatable bonds is 2. The van der Waals surface area contributed by atoms with Crippen LogP contribution in [0.5, 0.6) is 0 Å². The number of hydrogen-bond acceptors (Lipinski definition) is 1. The number of halogens is 3. The molecule has 0 aliphatic carbocycles. The fraction of sp³-hybridized carbons (Fsp3) is 0. The van der Waals surface area contributed by atoms with Crippen molar-refractivity contribution < 1.29 is 8.78 Å². The lowest BCUT2D eigenvalue weighted by molar-refractivity contribution is 0.626. The molecule has 16 heavy (non-hydrogen) atoms. The molecule has 0 fully saturated rings. The zero-order valence-electron chi connectivity index (χ0n) is 8.10. The van der Waals surface area contributed by atoms with Gasteiger partial charge in [-0.1, -0.05) is 0 Å². The fourth-order valence-electron chi connectivity index (χ4n) is 1.25. The van der Waals surface area contributed by atoms with Gasteiger partial charge >= 0.3 is 0 Å². The summed E-state index contributed by atoms with van der Waals surface area (Å²) >= 11 is 2.02. The Kier molecular flexibility index (Phi) is 3.38. The first-order valence-corrected chi connectivity index (χ1v) is 5.62. The van der Waals surface area contributed by atoms with Crippen LogP contribution in [0.4, 0.5) is 20.2 Å². The van der Waals surface area contributed by atoms with Crippen molar-refractivity contribution in [3.63, 3.8) is 0 Å². The molecule has 1 nitrogen and oxygen atoms in total. The summed E-state index contributed by atoms with van der Waals surface area (Å²) in [5, 5.41) is 2.77. The van der Waals surface area contributed by atoms with E-state index in [2.05, 4.69) is 11.4 Å². The lowest BCUT2D eigenvalue weighted by atomic mass is 10.2. The van der Waals surface area contributed by atoms with Crippen molar-refractivity contribution in [1.29, 1.82) is 0 Å². The number of benzene rings is 2. The second-order valence-electron chi connectivity index (χ2n) is 3.17. The van der Waals surface area contributed by atoms with Crippen molar-refractivity contribution in [3.05, 3.63) is 57.7 Å². The third-order valence-electron chi connectivity index (χ3n) is 1.96. The molecule has 1 radical (unpaired) electrons. The Bertz CT molecular complexity index is 514. The van der Waals surface area contributed by atoms with Crippen molar-refractivity contribution in [1.82, 2.24) is 0 Å². The van der Waals surface area contributed by atoms with Gasteiger partial charge < -0.3 is 5.32 Å². The molecule has 0 aromatic heterocycles. The predicted octanol–water partition coefficient (Wildman–Crippen LogP) is 4.11. The Morgan fingerprint density at radius 2 is 1.94 bits per heavy atom. The van der Waals surface area contributed by atoms with E-state index < -0.39 is 0 Å². The van der Waals surface area contributed by atoms with Crippen molar-refractivity contribution in [3.8, 4) is 0 Å². The van der Waals surface area contributed by atoms with Crippen LogP contribution in [0.1, 0.15) is 0 Å². The molecule has 0 saturated heterocycles. The molecule has 0 bridgehead atoms. The normalized spacial score (nSPS) is 10.2. The highest BCUT2D eigenvalue weighted by atomic mass is 127. The minimum absolute atomic E-state index is 0.308. The van der Waals surface area contributed by atoms with Gasteiger partial charge in [0, 0.05) is 15.3 Å². The van der Waals surface area contributed by atoms with Crippen LogP contribution in [0.3, 0.4) is 0 Å². The molecule has 2 aromatic rings. The Morgan fingerprint density at radius 1 is 1.12 bits per heavy atom. The molecular weight excluding hydrogens is 323 g/mol. The summed E-state index contributed by atoms with van der Waals surface area (Å²) in [5.41, 5.74) is 0.711. The zero-order chi connectivity index (χ0) is 11.5. The van der Waals surface area contributed by atoms with E-state index in [-0.39, 0.29) is 11.6 Å². The van der Waals surface area contributed by atoms with Crippen molar-refractivity contribution in [2.24, 2.45) is 0 Å². The first-order chi connectivity index (χ1) is 7.65. The van der Waals surface area contributed by atoms with Crippen LogP contribution in [0, 0.1) is 21.3 Å². The maximum atomic E-state index is 13.5. The lowest BCUT2D eigenvalue weighted by Gasteiger charge is -2.07. The van der Waals surface area contributed by atoms with Gasteiger partial charge in [0.25, 0.3) is 0 Å². The summed E-state index contributed by atoms with van der Waals surface area (Å²) < 4.78 is 27.2. The van der Waals surface area contributed by atoms with Crippen LogP contribution in [0.25, 0.3) is 0 Å². The van der Waals surface area contributed by atoms with E-state index in [1.165, 1.54) is 24.3 Å². The third-order valence-corrected chi connectivity index (χ3v) is 2.64. The van der Waals surface area contributed by atoms with Gasteiger partial charge in [0.1, 0.15) is 11.6 Å². The van der Waals surface area contributed by atoms with Gasteiger partial charge in [0.05, 0.1) is 5.69 Å². The summed E-state index contributed by atoms with van der Waals surface area (Å²) in [5.74, 6) is -0.753. The van der Waals surface area contributed by atoms with E-state index in [1.54, 1.807) is 12.1 Å². The molecule has 2 aromatic carbocycles. The van der Waals surface area contributed by atoms with Crippen LogP contribution in [-0.4, -0.2) is 0 Å².